The van der Waals surface area contributed by atoms with Crippen molar-refractivity contribution in [3.63, 3.8) is 0 Å². The van der Waals surface area contributed by atoms with Crippen molar-refractivity contribution in [2.45, 2.75) is 45.2 Å². The number of piperidine rings is 1. The average Bonchev–Trinajstić information content (AvgIpc) is 2.84. The molecule has 2 aromatic rings. The number of rotatable bonds is 11. The van der Waals surface area contributed by atoms with E-state index >= 15 is 0 Å². The molecule has 1 saturated heterocycles. The molecule has 0 aliphatic carbocycles. The van der Waals surface area contributed by atoms with Gasteiger partial charge in [-0.3, -0.25) is 9.69 Å². The van der Waals surface area contributed by atoms with Crippen LogP contribution in [0.4, 0.5) is 4.39 Å². The Bertz CT molecular complexity index is 934. The Morgan fingerprint density at radius 1 is 1.26 bits per heavy atom. The van der Waals surface area contributed by atoms with Gasteiger partial charge in [0.2, 0.25) is 5.91 Å². The lowest BCUT2D eigenvalue weighted by Crippen LogP contribution is -2.47. The van der Waals surface area contributed by atoms with Crippen LogP contribution >= 0.6 is 11.8 Å². The molecule has 1 aliphatic heterocycles. The molecule has 1 aliphatic rings. The number of amides is 1. The number of hydrogen-bond acceptors (Lipinski definition) is 5. The molecule has 0 radical (unpaired) electrons. The van der Waals surface area contributed by atoms with Crippen molar-refractivity contribution in [3.8, 4) is 11.5 Å². The fourth-order valence-electron chi connectivity index (χ4n) is 4.74. The van der Waals surface area contributed by atoms with Crippen LogP contribution in [0, 0.1) is 11.7 Å². The van der Waals surface area contributed by atoms with Gasteiger partial charge in [0.1, 0.15) is 5.82 Å². The lowest BCUT2D eigenvalue weighted by atomic mass is 9.84. The highest BCUT2D eigenvalue weighted by molar-refractivity contribution is 7.98. The number of likely N-dealkylation sites (tertiary alicyclic amines) is 1. The first-order chi connectivity index (χ1) is 16.4. The second-order valence-corrected chi connectivity index (χ2v) is 9.94. The fraction of sp³-hybridized carbons (Fsp3) is 0.519. The van der Waals surface area contributed by atoms with Crippen molar-refractivity contribution in [2.75, 3.05) is 38.8 Å². The molecule has 3 rings (SSSR count). The SMILES string of the molecule is CCOc1cc(CN2CCC([C@@H](Cc3ccccc3F)N(C)C(=O)CCSC)CC2)ccc1O. The maximum atomic E-state index is 14.5. The summed E-state index contributed by atoms with van der Waals surface area (Å²) in [5, 5.41) is 9.96. The van der Waals surface area contributed by atoms with E-state index in [4.69, 9.17) is 4.74 Å². The molecule has 1 heterocycles. The summed E-state index contributed by atoms with van der Waals surface area (Å²) < 4.78 is 20.0. The zero-order valence-electron chi connectivity index (χ0n) is 20.5. The molecule has 1 N–H and O–H groups in total. The predicted molar refractivity (Wildman–Crippen MR) is 137 cm³/mol. The van der Waals surface area contributed by atoms with Gasteiger partial charge in [0.15, 0.2) is 11.5 Å². The summed E-state index contributed by atoms with van der Waals surface area (Å²) in [5.41, 5.74) is 1.78. The molecule has 0 unspecified atom stereocenters. The van der Waals surface area contributed by atoms with Crippen LogP contribution in [0.3, 0.4) is 0 Å². The van der Waals surface area contributed by atoms with Crippen molar-refractivity contribution in [1.29, 1.82) is 0 Å². The smallest absolute Gasteiger partial charge is 0.223 e. The van der Waals surface area contributed by atoms with Crippen molar-refractivity contribution in [1.82, 2.24) is 9.80 Å². The van der Waals surface area contributed by atoms with E-state index in [1.54, 1.807) is 23.9 Å². The van der Waals surface area contributed by atoms with E-state index in [2.05, 4.69) is 4.90 Å². The average molecular weight is 489 g/mol. The van der Waals surface area contributed by atoms with Crippen LogP contribution in [-0.2, 0) is 17.8 Å². The maximum absolute atomic E-state index is 14.5. The monoisotopic (exact) mass is 488 g/mol. The van der Waals surface area contributed by atoms with Crippen molar-refractivity contribution in [2.24, 2.45) is 5.92 Å². The lowest BCUT2D eigenvalue weighted by Gasteiger charge is -2.40. The standard InChI is InChI=1S/C27H37FN2O3S/c1-4-33-26-17-20(9-10-25(26)31)19-30-14-11-21(12-15-30)24(29(2)27(32)13-16-34-3)18-22-7-5-6-8-23(22)28/h5-10,17,21,24,31H,4,11-16,18-19H2,1-3H3/t24-/m1/s1. The van der Waals surface area contributed by atoms with Crippen LogP contribution in [0.25, 0.3) is 0 Å². The Morgan fingerprint density at radius 2 is 2.00 bits per heavy atom. The summed E-state index contributed by atoms with van der Waals surface area (Å²) in [4.78, 5) is 17.1. The van der Waals surface area contributed by atoms with Gasteiger partial charge in [0.05, 0.1) is 6.61 Å². The largest absolute Gasteiger partial charge is 0.504 e. The highest BCUT2D eigenvalue weighted by atomic mass is 32.2. The highest BCUT2D eigenvalue weighted by Crippen LogP contribution is 2.30. The number of aromatic hydroxyl groups is 1. The van der Waals surface area contributed by atoms with Crippen LogP contribution in [0.15, 0.2) is 42.5 Å². The molecule has 2 aromatic carbocycles. The first-order valence-electron chi connectivity index (χ1n) is 12.1. The van der Waals surface area contributed by atoms with Gasteiger partial charge in [0, 0.05) is 31.8 Å². The van der Waals surface area contributed by atoms with Gasteiger partial charge in [-0.2, -0.15) is 11.8 Å². The summed E-state index contributed by atoms with van der Waals surface area (Å²) in [6.45, 7) is 5.02. The van der Waals surface area contributed by atoms with Crippen LogP contribution in [0.2, 0.25) is 0 Å². The number of carbonyl (C=O) groups excluding carboxylic acids is 1. The molecule has 0 aromatic heterocycles. The second kappa shape index (κ2) is 13.0. The summed E-state index contributed by atoms with van der Waals surface area (Å²) in [6, 6.07) is 12.4. The molecule has 1 fully saturated rings. The molecule has 1 amide bonds. The fourth-order valence-corrected chi connectivity index (χ4v) is 5.12. The number of likely N-dealkylation sites (N-methyl/N-ethyl adjacent to an activating group) is 1. The Balaban J connectivity index is 1.67. The van der Waals surface area contributed by atoms with Crippen LogP contribution < -0.4 is 4.74 Å². The second-order valence-electron chi connectivity index (χ2n) is 8.96. The van der Waals surface area contributed by atoms with Crippen LogP contribution in [0.5, 0.6) is 11.5 Å². The van der Waals surface area contributed by atoms with Crippen molar-refractivity contribution < 1.29 is 19.0 Å². The summed E-state index contributed by atoms with van der Waals surface area (Å²) in [7, 11) is 1.88. The quantitative estimate of drug-likeness (QED) is 0.484. The predicted octanol–water partition coefficient (Wildman–Crippen LogP) is 4.96. The number of phenols is 1. The molecular formula is C27H37FN2O3S. The summed E-state index contributed by atoms with van der Waals surface area (Å²) in [5.74, 6) is 1.72. The molecule has 0 bridgehead atoms. The molecule has 0 spiro atoms. The number of carbonyl (C=O) groups is 1. The van der Waals surface area contributed by atoms with Crippen molar-refractivity contribution in [3.05, 3.63) is 59.4 Å². The number of phenolic OH excluding ortho intramolecular Hbond substituents is 1. The first kappa shape index (κ1) is 26.4. The van der Waals surface area contributed by atoms with Crippen LogP contribution in [-0.4, -0.2) is 65.6 Å². The van der Waals surface area contributed by atoms with E-state index in [1.165, 1.54) is 6.07 Å². The van der Waals surface area contributed by atoms with E-state index in [1.807, 2.05) is 49.4 Å². The molecule has 5 nitrogen and oxygen atoms in total. The van der Waals surface area contributed by atoms with Gasteiger partial charge >= 0.3 is 0 Å². The molecule has 1 atom stereocenters. The number of benzene rings is 2. The van der Waals surface area contributed by atoms with E-state index in [9.17, 15) is 14.3 Å². The molecule has 186 valence electrons. The van der Waals surface area contributed by atoms with E-state index < -0.39 is 0 Å². The maximum Gasteiger partial charge on any atom is 0.223 e. The minimum Gasteiger partial charge on any atom is -0.504 e. The first-order valence-corrected chi connectivity index (χ1v) is 13.5. The minimum atomic E-state index is -0.202. The summed E-state index contributed by atoms with van der Waals surface area (Å²) in [6.07, 6.45) is 4.96. The normalized spacial score (nSPS) is 15.8. The third-order valence-corrected chi connectivity index (χ3v) is 7.32. The topological polar surface area (TPSA) is 53.0 Å². The lowest BCUT2D eigenvalue weighted by molar-refractivity contribution is -0.133. The molecule has 0 saturated carbocycles. The minimum absolute atomic E-state index is 0.0216. The Morgan fingerprint density at radius 3 is 2.68 bits per heavy atom. The number of nitrogens with zero attached hydrogens (tertiary/aromatic N) is 2. The number of halogens is 1. The summed E-state index contributed by atoms with van der Waals surface area (Å²) >= 11 is 1.67. The Kier molecular flexibility index (Phi) is 10.1. The van der Waals surface area contributed by atoms with E-state index in [0.29, 0.717) is 36.7 Å². The number of hydrogen-bond donors (Lipinski definition) is 1. The third-order valence-electron chi connectivity index (χ3n) is 6.70. The van der Waals surface area contributed by atoms with Gasteiger partial charge in [-0.25, -0.2) is 4.39 Å². The molecular weight excluding hydrogens is 451 g/mol. The van der Waals surface area contributed by atoms with Gasteiger partial charge in [0.25, 0.3) is 0 Å². The van der Waals surface area contributed by atoms with E-state index in [-0.39, 0.29) is 23.5 Å². The third kappa shape index (κ3) is 7.12. The highest BCUT2D eigenvalue weighted by Gasteiger charge is 2.32. The van der Waals surface area contributed by atoms with Crippen molar-refractivity contribution >= 4 is 17.7 Å². The molecule has 34 heavy (non-hydrogen) atoms. The van der Waals surface area contributed by atoms with Gasteiger partial charge in [-0.05, 0) is 80.8 Å². The van der Waals surface area contributed by atoms with Crippen LogP contribution in [0.1, 0.15) is 37.3 Å². The number of ether oxygens (including phenoxy) is 1. The molecule has 7 heteroatoms. The zero-order valence-corrected chi connectivity index (χ0v) is 21.3. The Labute approximate surface area is 207 Å². The van der Waals surface area contributed by atoms with E-state index in [0.717, 1.165) is 43.8 Å². The Hall–Kier alpha value is -2.25. The van der Waals surface area contributed by atoms with Gasteiger partial charge < -0.3 is 14.7 Å². The van der Waals surface area contributed by atoms with Gasteiger partial charge in [-0.15, -0.1) is 0 Å². The van der Waals surface area contributed by atoms with Gasteiger partial charge in [-0.1, -0.05) is 24.3 Å². The zero-order chi connectivity index (χ0) is 24.5. The number of thioether (sulfide) groups is 1.